The summed E-state index contributed by atoms with van der Waals surface area (Å²) < 4.78 is 0. The van der Waals surface area contributed by atoms with E-state index in [0.29, 0.717) is 0 Å². The van der Waals surface area contributed by atoms with Crippen LogP contribution in [0.3, 0.4) is 0 Å². The molecule has 1 aromatic heterocycles. The van der Waals surface area contributed by atoms with Gasteiger partial charge in [-0.25, -0.2) is 0 Å². The van der Waals surface area contributed by atoms with Crippen LogP contribution >= 0.6 is 11.3 Å². The molecule has 2 rings (SSSR count). The molecule has 1 aliphatic heterocycles. The zero-order valence-corrected chi connectivity index (χ0v) is 12.8. The molecule has 2 atom stereocenters. The zero-order valence-electron chi connectivity index (χ0n) is 12.0. The Morgan fingerprint density at radius 2 is 2.42 bits per heavy atom. The van der Waals surface area contributed by atoms with Crippen LogP contribution in [0.2, 0.25) is 0 Å². The van der Waals surface area contributed by atoms with Crippen molar-refractivity contribution in [3.63, 3.8) is 0 Å². The number of amides is 1. The first-order chi connectivity index (χ1) is 9.04. The summed E-state index contributed by atoms with van der Waals surface area (Å²) in [5.41, 5.74) is 0.0378. The molecule has 106 valence electrons. The second kappa shape index (κ2) is 6.06. The molecule has 0 bridgehead atoms. The van der Waals surface area contributed by atoms with Crippen LogP contribution in [0.25, 0.3) is 0 Å². The van der Waals surface area contributed by atoms with Crippen molar-refractivity contribution in [2.45, 2.75) is 52.1 Å². The van der Waals surface area contributed by atoms with E-state index < -0.39 is 0 Å². The topological polar surface area (TPSA) is 41.1 Å². The van der Waals surface area contributed by atoms with Crippen molar-refractivity contribution in [2.24, 2.45) is 5.41 Å². The number of piperidine rings is 1. The van der Waals surface area contributed by atoms with Crippen molar-refractivity contribution >= 4 is 17.2 Å². The van der Waals surface area contributed by atoms with E-state index in [9.17, 15) is 4.79 Å². The normalized spacial score (nSPS) is 23.8. The Bertz CT molecular complexity index is 414. The lowest BCUT2D eigenvalue weighted by molar-refractivity contribution is -0.127. The fourth-order valence-corrected chi connectivity index (χ4v) is 3.64. The van der Waals surface area contributed by atoms with E-state index in [-0.39, 0.29) is 23.4 Å². The molecule has 0 aliphatic carbocycles. The molecule has 3 nitrogen and oxygen atoms in total. The summed E-state index contributed by atoms with van der Waals surface area (Å²) in [5, 5.41) is 8.64. The van der Waals surface area contributed by atoms with Gasteiger partial charge in [-0.15, -0.1) is 11.3 Å². The van der Waals surface area contributed by atoms with Crippen LogP contribution in [-0.4, -0.2) is 18.5 Å². The largest absolute Gasteiger partial charge is 0.347 e. The van der Waals surface area contributed by atoms with Gasteiger partial charge in [0, 0.05) is 4.88 Å². The minimum absolute atomic E-state index is 0.0378. The summed E-state index contributed by atoms with van der Waals surface area (Å²) >= 11 is 1.71. The molecule has 0 spiro atoms. The van der Waals surface area contributed by atoms with Gasteiger partial charge in [-0.1, -0.05) is 26.8 Å². The predicted molar refractivity (Wildman–Crippen MR) is 80.3 cm³/mol. The second-order valence-corrected chi connectivity index (χ2v) is 6.94. The first kappa shape index (κ1) is 14.5. The number of carbonyl (C=O) groups is 1. The Morgan fingerprint density at radius 3 is 3.00 bits per heavy atom. The third-order valence-corrected chi connectivity index (χ3v) is 4.99. The Labute approximate surface area is 119 Å². The van der Waals surface area contributed by atoms with E-state index in [2.05, 4.69) is 42.9 Å². The molecule has 1 aliphatic rings. The monoisotopic (exact) mass is 280 g/mol. The third-order valence-electron chi connectivity index (χ3n) is 4.00. The molecule has 0 radical (unpaired) electrons. The average molecular weight is 280 g/mol. The first-order valence-electron chi connectivity index (χ1n) is 7.12. The maximum atomic E-state index is 12.5. The highest BCUT2D eigenvalue weighted by Crippen LogP contribution is 2.31. The summed E-state index contributed by atoms with van der Waals surface area (Å²) in [6.45, 7) is 7.41. The Kier molecular flexibility index (Phi) is 4.63. The SMILES string of the molecule is CCC(NC(=O)C1NCCCC1(C)C)c1cccs1. The molecular formula is C15H24N2OS. The molecular weight excluding hydrogens is 256 g/mol. The number of nitrogens with one attached hydrogen (secondary N) is 2. The van der Waals surface area contributed by atoms with Gasteiger partial charge in [0.15, 0.2) is 0 Å². The number of thiophene rings is 1. The van der Waals surface area contributed by atoms with Gasteiger partial charge >= 0.3 is 0 Å². The minimum Gasteiger partial charge on any atom is -0.347 e. The molecule has 0 saturated carbocycles. The summed E-state index contributed by atoms with van der Waals surface area (Å²) in [4.78, 5) is 13.7. The van der Waals surface area contributed by atoms with Gasteiger partial charge in [0.1, 0.15) is 0 Å². The maximum absolute atomic E-state index is 12.5. The van der Waals surface area contributed by atoms with E-state index in [4.69, 9.17) is 0 Å². The van der Waals surface area contributed by atoms with E-state index in [1.54, 1.807) is 11.3 Å². The number of carbonyl (C=O) groups excluding carboxylic acids is 1. The number of hydrogen-bond acceptors (Lipinski definition) is 3. The van der Waals surface area contributed by atoms with Crippen LogP contribution in [0.15, 0.2) is 17.5 Å². The molecule has 1 amide bonds. The standard InChI is InChI=1S/C15H24N2OS/c1-4-11(12-7-5-10-19-12)17-14(18)13-15(2,3)8-6-9-16-13/h5,7,10-11,13,16H,4,6,8-9H2,1-3H3,(H,17,18). The summed E-state index contributed by atoms with van der Waals surface area (Å²) in [6.07, 6.45) is 3.19. The van der Waals surface area contributed by atoms with Gasteiger partial charge in [-0.2, -0.15) is 0 Å². The van der Waals surface area contributed by atoms with Crippen LogP contribution < -0.4 is 10.6 Å². The van der Waals surface area contributed by atoms with E-state index in [1.165, 1.54) is 4.88 Å². The number of rotatable bonds is 4. The summed E-state index contributed by atoms with van der Waals surface area (Å²) in [5.74, 6) is 0.143. The highest BCUT2D eigenvalue weighted by molar-refractivity contribution is 7.10. The summed E-state index contributed by atoms with van der Waals surface area (Å²) in [7, 11) is 0. The van der Waals surface area contributed by atoms with Crippen LogP contribution in [-0.2, 0) is 4.79 Å². The molecule has 2 unspecified atom stereocenters. The molecule has 1 aromatic rings. The van der Waals surface area contributed by atoms with E-state index in [0.717, 1.165) is 25.8 Å². The molecule has 4 heteroatoms. The molecule has 2 heterocycles. The molecule has 19 heavy (non-hydrogen) atoms. The highest BCUT2D eigenvalue weighted by atomic mass is 32.1. The van der Waals surface area contributed by atoms with Crippen molar-refractivity contribution in [3.8, 4) is 0 Å². The Balaban J connectivity index is 2.03. The van der Waals surface area contributed by atoms with Crippen molar-refractivity contribution in [2.75, 3.05) is 6.54 Å². The van der Waals surface area contributed by atoms with Gasteiger partial charge in [-0.05, 0) is 42.7 Å². The zero-order chi connectivity index (χ0) is 13.9. The average Bonchev–Trinajstić information content (AvgIpc) is 2.88. The van der Waals surface area contributed by atoms with E-state index in [1.807, 2.05) is 6.07 Å². The lowest BCUT2D eigenvalue weighted by Crippen LogP contribution is -2.55. The first-order valence-corrected chi connectivity index (χ1v) is 7.99. The van der Waals surface area contributed by atoms with E-state index >= 15 is 0 Å². The van der Waals surface area contributed by atoms with Crippen molar-refractivity contribution in [1.82, 2.24) is 10.6 Å². The second-order valence-electron chi connectivity index (χ2n) is 5.96. The summed E-state index contributed by atoms with van der Waals surface area (Å²) in [6, 6.07) is 4.21. The van der Waals surface area contributed by atoms with Gasteiger partial charge in [0.05, 0.1) is 12.1 Å². The predicted octanol–water partition coefficient (Wildman–Crippen LogP) is 3.09. The molecule has 0 aromatic carbocycles. The van der Waals surface area contributed by atoms with Crippen molar-refractivity contribution in [3.05, 3.63) is 22.4 Å². The fraction of sp³-hybridized carbons (Fsp3) is 0.667. The maximum Gasteiger partial charge on any atom is 0.238 e. The molecule has 1 fully saturated rings. The van der Waals surface area contributed by atoms with Crippen molar-refractivity contribution in [1.29, 1.82) is 0 Å². The van der Waals surface area contributed by atoms with Gasteiger partial charge in [0.2, 0.25) is 5.91 Å². The Morgan fingerprint density at radius 1 is 1.63 bits per heavy atom. The smallest absolute Gasteiger partial charge is 0.238 e. The van der Waals surface area contributed by atoms with Crippen LogP contribution in [0.5, 0.6) is 0 Å². The fourth-order valence-electron chi connectivity index (χ4n) is 2.78. The molecule has 1 saturated heterocycles. The van der Waals surface area contributed by atoms with Crippen LogP contribution in [0, 0.1) is 5.41 Å². The lowest BCUT2D eigenvalue weighted by Gasteiger charge is -2.38. The van der Waals surface area contributed by atoms with Crippen LogP contribution in [0.1, 0.15) is 51.0 Å². The van der Waals surface area contributed by atoms with Gasteiger partial charge in [-0.3, -0.25) is 4.79 Å². The quantitative estimate of drug-likeness (QED) is 0.890. The van der Waals surface area contributed by atoms with Gasteiger partial charge < -0.3 is 10.6 Å². The van der Waals surface area contributed by atoms with Crippen LogP contribution in [0.4, 0.5) is 0 Å². The Hall–Kier alpha value is -0.870. The lowest BCUT2D eigenvalue weighted by atomic mass is 9.77. The molecule has 2 N–H and O–H groups in total. The van der Waals surface area contributed by atoms with Gasteiger partial charge in [0.25, 0.3) is 0 Å². The minimum atomic E-state index is -0.0738. The van der Waals surface area contributed by atoms with Crippen molar-refractivity contribution < 1.29 is 4.79 Å². The third kappa shape index (κ3) is 3.37. The highest BCUT2D eigenvalue weighted by Gasteiger charge is 2.37. The number of hydrogen-bond donors (Lipinski definition) is 2.